The van der Waals surface area contributed by atoms with Crippen molar-refractivity contribution >= 4 is 23.4 Å². The molecule has 2 amide bonds. The van der Waals surface area contributed by atoms with Crippen molar-refractivity contribution in [1.82, 2.24) is 10.6 Å². The molecular weight excluding hydrogens is 259 g/mol. The van der Waals surface area contributed by atoms with Crippen molar-refractivity contribution in [3.63, 3.8) is 0 Å². The highest BCUT2D eigenvalue weighted by atomic mass is 35.5. The molecule has 0 radical (unpaired) electrons. The number of hydrogen-bond donors (Lipinski definition) is 2. The Hall–Kier alpha value is -1.46. The topological polar surface area (TPSA) is 58.2 Å². The van der Waals surface area contributed by atoms with Gasteiger partial charge in [0.05, 0.1) is 6.04 Å². The van der Waals surface area contributed by atoms with Crippen LogP contribution >= 0.6 is 11.6 Å². The number of carbonyl (C=O) groups is 2. The molecule has 0 spiro atoms. The Labute approximate surface area is 109 Å². The lowest BCUT2D eigenvalue weighted by Crippen LogP contribution is -2.50. The number of nitrogens with one attached hydrogen (secondary N) is 2. The summed E-state index contributed by atoms with van der Waals surface area (Å²) >= 11 is 5.64. The van der Waals surface area contributed by atoms with Crippen molar-refractivity contribution in [3.05, 3.63) is 34.6 Å². The SMILES string of the molecule is O=C1CCC(NCc2ccc(Cl)cc2F)C(=O)N1. The van der Waals surface area contributed by atoms with Crippen LogP contribution in [0.1, 0.15) is 18.4 Å². The molecule has 1 aliphatic heterocycles. The maximum atomic E-state index is 13.5. The first kappa shape index (κ1) is 13.0. The van der Waals surface area contributed by atoms with Crippen molar-refractivity contribution in [2.75, 3.05) is 0 Å². The van der Waals surface area contributed by atoms with Crippen molar-refractivity contribution in [2.45, 2.75) is 25.4 Å². The summed E-state index contributed by atoms with van der Waals surface area (Å²) in [5.41, 5.74) is 0.434. The fourth-order valence-corrected chi connectivity index (χ4v) is 1.95. The van der Waals surface area contributed by atoms with Crippen molar-refractivity contribution in [3.8, 4) is 0 Å². The number of imide groups is 1. The van der Waals surface area contributed by atoms with E-state index in [1.165, 1.54) is 6.07 Å². The van der Waals surface area contributed by atoms with Gasteiger partial charge in [-0.05, 0) is 18.6 Å². The standard InChI is InChI=1S/C12H12ClFN2O2/c13-8-2-1-7(9(14)5-8)6-15-10-3-4-11(17)16-12(10)18/h1-2,5,10,15H,3-4,6H2,(H,16,17,18). The number of carbonyl (C=O) groups excluding carboxylic acids is 2. The van der Waals surface area contributed by atoms with Crippen LogP contribution in [0.2, 0.25) is 5.02 Å². The fraction of sp³-hybridized carbons (Fsp3) is 0.333. The molecule has 0 aromatic heterocycles. The highest BCUT2D eigenvalue weighted by Crippen LogP contribution is 2.15. The summed E-state index contributed by atoms with van der Waals surface area (Å²) in [4.78, 5) is 22.4. The molecule has 0 bridgehead atoms. The smallest absolute Gasteiger partial charge is 0.243 e. The minimum Gasteiger partial charge on any atom is -0.302 e. The Morgan fingerprint density at radius 3 is 2.89 bits per heavy atom. The molecular formula is C12H12ClFN2O2. The first-order valence-corrected chi connectivity index (χ1v) is 5.95. The van der Waals surface area contributed by atoms with E-state index in [-0.39, 0.29) is 18.4 Å². The van der Waals surface area contributed by atoms with Gasteiger partial charge in [0.15, 0.2) is 0 Å². The lowest BCUT2D eigenvalue weighted by molar-refractivity contribution is -0.134. The van der Waals surface area contributed by atoms with E-state index in [2.05, 4.69) is 10.6 Å². The number of hydrogen-bond acceptors (Lipinski definition) is 3. The molecule has 1 unspecified atom stereocenters. The maximum absolute atomic E-state index is 13.5. The predicted octanol–water partition coefficient (Wildman–Crippen LogP) is 1.37. The number of rotatable bonds is 3. The zero-order valence-electron chi connectivity index (χ0n) is 9.50. The van der Waals surface area contributed by atoms with Gasteiger partial charge in [0, 0.05) is 23.6 Å². The first-order chi connectivity index (χ1) is 8.56. The third-order valence-electron chi connectivity index (χ3n) is 2.79. The van der Waals surface area contributed by atoms with Crippen molar-refractivity contribution in [1.29, 1.82) is 0 Å². The summed E-state index contributed by atoms with van der Waals surface area (Å²) in [6.45, 7) is 0.218. The van der Waals surface area contributed by atoms with Crippen LogP contribution in [0.25, 0.3) is 0 Å². The third kappa shape index (κ3) is 3.05. The van der Waals surface area contributed by atoms with Crippen LogP contribution in [-0.2, 0) is 16.1 Å². The van der Waals surface area contributed by atoms with Crippen LogP contribution < -0.4 is 10.6 Å². The lowest BCUT2D eigenvalue weighted by Gasteiger charge is -2.22. The van der Waals surface area contributed by atoms with E-state index in [1.807, 2.05) is 0 Å². The van der Waals surface area contributed by atoms with E-state index in [4.69, 9.17) is 11.6 Å². The van der Waals surface area contributed by atoms with Gasteiger partial charge in [0.25, 0.3) is 0 Å². The number of benzene rings is 1. The van der Waals surface area contributed by atoms with Crippen LogP contribution in [-0.4, -0.2) is 17.9 Å². The largest absolute Gasteiger partial charge is 0.302 e. The Kier molecular flexibility index (Phi) is 3.93. The molecule has 2 rings (SSSR count). The second-order valence-electron chi connectivity index (χ2n) is 4.12. The van der Waals surface area contributed by atoms with Gasteiger partial charge >= 0.3 is 0 Å². The average Bonchev–Trinajstić information content (AvgIpc) is 2.30. The number of halogens is 2. The minimum absolute atomic E-state index is 0.218. The Balaban J connectivity index is 1.95. The fourth-order valence-electron chi connectivity index (χ4n) is 1.79. The number of amides is 2. The molecule has 1 aromatic rings. The molecule has 0 aliphatic carbocycles. The zero-order chi connectivity index (χ0) is 13.1. The van der Waals surface area contributed by atoms with Gasteiger partial charge in [-0.3, -0.25) is 14.9 Å². The van der Waals surface area contributed by atoms with Gasteiger partial charge in [-0.25, -0.2) is 4.39 Å². The van der Waals surface area contributed by atoms with Gasteiger partial charge in [0.2, 0.25) is 11.8 Å². The highest BCUT2D eigenvalue weighted by Gasteiger charge is 2.25. The van der Waals surface area contributed by atoms with Crippen LogP contribution in [0.5, 0.6) is 0 Å². The van der Waals surface area contributed by atoms with E-state index in [0.29, 0.717) is 23.4 Å². The third-order valence-corrected chi connectivity index (χ3v) is 3.03. The van der Waals surface area contributed by atoms with Gasteiger partial charge in [-0.15, -0.1) is 0 Å². The van der Waals surface area contributed by atoms with Gasteiger partial charge in [0.1, 0.15) is 5.82 Å². The molecule has 0 saturated carbocycles. The molecule has 96 valence electrons. The summed E-state index contributed by atoms with van der Waals surface area (Å²) in [6, 6.07) is 3.92. The molecule has 1 fully saturated rings. The Bertz CT molecular complexity index is 493. The van der Waals surface area contributed by atoms with Crippen LogP contribution in [0.15, 0.2) is 18.2 Å². The summed E-state index contributed by atoms with van der Waals surface area (Å²) in [7, 11) is 0. The average molecular weight is 271 g/mol. The molecule has 1 aromatic carbocycles. The van der Waals surface area contributed by atoms with Crippen LogP contribution in [0.4, 0.5) is 4.39 Å². The summed E-state index contributed by atoms with van der Waals surface area (Å²) in [5, 5.41) is 5.49. The Morgan fingerprint density at radius 1 is 1.44 bits per heavy atom. The first-order valence-electron chi connectivity index (χ1n) is 5.57. The van der Waals surface area contributed by atoms with Crippen LogP contribution in [0, 0.1) is 5.82 Å². The molecule has 2 N–H and O–H groups in total. The summed E-state index contributed by atoms with van der Waals surface area (Å²) < 4.78 is 13.5. The summed E-state index contributed by atoms with van der Waals surface area (Å²) in [6.07, 6.45) is 0.729. The molecule has 1 atom stereocenters. The predicted molar refractivity (Wildman–Crippen MR) is 64.4 cm³/mol. The Morgan fingerprint density at radius 2 is 2.22 bits per heavy atom. The van der Waals surface area contributed by atoms with E-state index in [0.717, 1.165) is 0 Å². The van der Waals surface area contributed by atoms with Gasteiger partial charge in [-0.2, -0.15) is 0 Å². The molecule has 1 saturated heterocycles. The lowest BCUT2D eigenvalue weighted by atomic mass is 10.1. The second kappa shape index (κ2) is 5.46. The normalized spacial score (nSPS) is 19.8. The molecule has 1 aliphatic rings. The van der Waals surface area contributed by atoms with E-state index >= 15 is 0 Å². The van der Waals surface area contributed by atoms with Crippen molar-refractivity contribution in [2.24, 2.45) is 0 Å². The minimum atomic E-state index is -0.460. The molecule has 18 heavy (non-hydrogen) atoms. The molecule has 4 nitrogen and oxygen atoms in total. The molecule has 6 heteroatoms. The van der Waals surface area contributed by atoms with Crippen molar-refractivity contribution < 1.29 is 14.0 Å². The van der Waals surface area contributed by atoms with Gasteiger partial charge < -0.3 is 5.32 Å². The quantitative estimate of drug-likeness (QED) is 0.816. The number of piperidine rings is 1. The van der Waals surface area contributed by atoms with Gasteiger partial charge in [-0.1, -0.05) is 17.7 Å². The van der Waals surface area contributed by atoms with E-state index < -0.39 is 11.9 Å². The van der Waals surface area contributed by atoms with E-state index in [1.54, 1.807) is 12.1 Å². The second-order valence-corrected chi connectivity index (χ2v) is 4.56. The van der Waals surface area contributed by atoms with Crippen LogP contribution in [0.3, 0.4) is 0 Å². The summed E-state index contributed by atoms with van der Waals surface area (Å²) in [5.74, 6) is -1.04. The highest BCUT2D eigenvalue weighted by molar-refractivity contribution is 6.30. The molecule has 1 heterocycles. The maximum Gasteiger partial charge on any atom is 0.243 e. The monoisotopic (exact) mass is 270 g/mol. The zero-order valence-corrected chi connectivity index (χ0v) is 10.3. The van der Waals surface area contributed by atoms with E-state index in [9.17, 15) is 14.0 Å².